The second-order valence-corrected chi connectivity index (χ2v) is 6.84. The summed E-state index contributed by atoms with van der Waals surface area (Å²) in [6.07, 6.45) is 2.19. The van der Waals surface area contributed by atoms with Gasteiger partial charge in [-0.3, -0.25) is 9.69 Å². The fraction of sp³-hybridized carbons (Fsp3) is 0.316. The molecule has 2 aromatic heterocycles. The summed E-state index contributed by atoms with van der Waals surface area (Å²) < 4.78 is 15.8. The molecule has 1 aromatic carbocycles. The Morgan fingerprint density at radius 2 is 2.19 bits per heavy atom. The minimum atomic E-state index is -0.966. The van der Waals surface area contributed by atoms with E-state index in [0.717, 1.165) is 22.8 Å². The van der Waals surface area contributed by atoms with Crippen LogP contribution >= 0.6 is 0 Å². The van der Waals surface area contributed by atoms with E-state index in [1.54, 1.807) is 10.7 Å². The molecule has 4 rings (SSSR count). The highest BCUT2D eigenvalue weighted by Crippen LogP contribution is 2.30. The van der Waals surface area contributed by atoms with Crippen LogP contribution in [0.1, 0.15) is 34.4 Å². The van der Waals surface area contributed by atoms with E-state index in [1.807, 2.05) is 24.8 Å². The lowest BCUT2D eigenvalue weighted by molar-refractivity contribution is -0.144. The smallest absolute Gasteiger partial charge is 0.327 e. The monoisotopic (exact) mass is 369 g/mol. The summed E-state index contributed by atoms with van der Waals surface area (Å²) in [6.45, 7) is 4.66. The predicted molar refractivity (Wildman–Crippen MR) is 96.1 cm³/mol. The van der Waals surface area contributed by atoms with Crippen LogP contribution in [-0.4, -0.2) is 42.3 Å². The highest BCUT2D eigenvalue weighted by atomic mass is 19.1. The first kappa shape index (κ1) is 17.4. The summed E-state index contributed by atoms with van der Waals surface area (Å²) in [4.78, 5) is 20.9. The van der Waals surface area contributed by atoms with Crippen LogP contribution in [0.15, 0.2) is 30.6 Å². The van der Waals surface area contributed by atoms with Crippen molar-refractivity contribution in [2.75, 3.05) is 6.54 Å². The van der Waals surface area contributed by atoms with E-state index in [1.165, 1.54) is 18.5 Å². The minimum Gasteiger partial charge on any atom is -0.480 e. The van der Waals surface area contributed by atoms with Crippen LogP contribution in [0.4, 0.5) is 4.39 Å². The number of halogens is 1. The first-order valence-corrected chi connectivity index (χ1v) is 8.75. The number of imidazole rings is 1. The number of aromatic nitrogens is 4. The zero-order chi connectivity index (χ0) is 19.1. The maximum atomic E-state index is 14.0. The van der Waals surface area contributed by atoms with Crippen molar-refractivity contribution in [3.8, 4) is 5.69 Å². The molecule has 0 saturated carbocycles. The number of carboxylic acid groups (broad SMARTS) is 1. The number of aliphatic carboxylic acids is 1. The third kappa shape index (κ3) is 3.12. The molecule has 0 amide bonds. The predicted octanol–water partition coefficient (Wildman–Crippen LogP) is 2.54. The van der Waals surface area contributed by atoms with Crippen molar-refractivity contribution in [1.82, 2.24) is 24.6 Å². The standard InChI is InChI=1S/C19H20FN5O2/c1-11-7-12(2)25(23-11)16-4-3-14(20)8-13(16)9-24-6-5-15-17(22-10-21-15)18(24)19(26)27/h3-4,7-8,10,18H,5-6,9H2,1-2H3,(H,21,22)(H,26,27). The third-order valence-corrected chi connectivity index (χ3v) is 4.91. The first-order valence-electron chi connectivity index (χ1n) is 8.75. The number of rotatable bonds is 4. The summed E-state index contributed by atoms with van der Waals surface area (Å²) in [5.74, 6) is -1.33. The van der Waals surface area contributed by atoms with E-state index in [9.17, 15) is 14.3 Å². The summed E-state index contributed by atoms with van der Waals surface area (Å²) in [5, 5.41) is 14.2. The van der Waals surface area contributed by atoms with Gasteiger partial charge >= 0.3 is 5.97 Å². The minimum absolute atomic E-state index is 0.286. The Bertz CT molecular complexity index is 1010. The summed E-state index contributed by atoms with van der Waals surface area (Å²) in [6, 6.07) is 5.61. The van der Waals surface area contributed by atoms with Crippen molar-refractivity contribution >= 4 is 5.97 Å². The first-order chi connectivity index (χ1) is 12.9. The Balaban J connectivity index is 1.73. The van der Waals surface area contributed by atoms with Crippen molar-refractivity contribution in [1.29, 1.82) is 0 Å². The number of hydrogen-bond donors (Lipinski definition) is 2. The van der Waals surface area contributed by atoms with E-state index in [4.69, 9.17) is 0 Å². The van der Waals surface area contributed by atoms with Crippen molar-refractivity contribution in [2.45, 2.75) is 32.9 Å². The lowest BCUT2D eigenvalue weighted by Crippen LogP contribution is -2.39. The maximum absolute atomic E-state index is 14.0. The van der Waals surface area contributed by atoms with Crippen molar-refractivity contribution < 1.29 is 14.3 Å². The van der Waals surface area contributed by atoms with E-state index < -0.39 is 12.0 Å². The molecule has 0 bridgehead atoms. The molecule has 0 radical (unpaired) electrons. The largest absolute Gasteiger partial charge is 0.480 e. The van der Waals surface area contributed by atoms with Gasteiger partial charge < -0.3 is 10.1 Å². The maximum Gasteiger partial charge on any atom is 0.327 e. The lowest BCUT2D eigenvalue weighted by Gasteiger charge is -2.32. The van der Waals surface area contributed by atoms with Crippen LogP contribution in [0, 0.1) is 19.7 Å². The van der Waals surface area contributed by atoms with Gasteiger partial charge in [-0.15, -0.1) is 0 Å². The number of H-pyrrole nitrogens is 1. The number of aryl methyl sites for hydroxylation is 2. The number of fused-ring (bicyclic) bond motifs is 1. The van der Waals surface area contributed by atoms with E-state index in [0.29, 0.717) is 24.2 Å². The molecule has 0 fully saturated rings. The molecule has 1 aliphatic heterocycles. The molecule has 2 N–H and O–H groups in total. The number of aromatic amines is 1. The van der Waals surface area contributed by atoms with Crippen LogP contribution in [0.5, 0.6) is 0 Å². The van der Waals surface area contributed by atoms with Gasteiger partial charge in [0.05, 0.1) is 23.4 Å². The van der Waals surface area contributed by atoms with Gasteiger partial charge in [-0.05, 0) is 43.7 Å². The number of benzene rings is 1. The quantitative estimate of drug-likeness (QED) is 0.738. The van der Waals surface area contributed by atoms with Gasteiger partial charge in [-0.2, -0.15) is 5.10 Å². The molecule has 1 unspecified atom stereocenters. The van der Waals surface area contributed by atoms with Crippen molar-refractivity contribution in [3.05, 3.63) is 64.7 Å². The normalized spacial score (nSPS) is 17.1. The van der Waals surface area contributed by atoms with Gasteiger partial charge in [-0.25, -0.2) is 14.1 Å². The van der Waals surface area contributed by atoms with Gasteiger partial charge in [0.2, 0.25) is 0 Å². The van der Waals surface area contributed by atoms with Crippen LogP contribution in [-0.2, 0) is 17.8 Å². The van der Waals surface area contributed by atoms with Gasteiger partial charge in [0.25, 0.3) is 0 Å². The number of carboxylic acids is 1. The second kappa shape index (κ2) is 6.62. The number of carbonyl (C=O) groups is 1. The molecule has 0 aliphatic carbocycles. The number of hydrogen-bond acceptors (Lipinski definition) is 4. The molecular weight excluding hydrogens is 349 g/mol. The Kier molecular flexibility index (Phi) is 4.27. The van der Waals surface area contributed by atoms with Gasteiger partial charge in [0, 0.05) is 30.9 Å². The molecule has 1 aliphatic rings. The highest BCUT2D eigenvalue weighted by Gasteiger charge is 2.35. The van der Waals surface area contributed by atoms with Crippen LogP contribution in [0.3, 0.4) is 0 Å². The Morgan fingerprint density at radius 1 is 1.37 bits per heavy atom. The molecule has 0 spiro atoms. The molecule has 3 heterocycles. The molecular formula is C19H20FN5O2. The molecule has 3 aromatic rings. The molecule has 8 heteroatoms. The zero-order valence-electron chi connectivity index (χ0n) is 15.1. The summed E-state index contributed by atoms with van der Waals surface area (Å²) in [7, 11) is 0. The average Bonchev–Trinajstić information content (AvgIpc) is 3.20. The van der Waals surface area contributed by atoms with Crippen molar-refractivity contribution in [3.63, 3.8) is 0 Å². The summed E-state index contributed by atoms with van der Waals surface area (Å²) in [5.41, 5.74) is 4.61. The average molecular weight is 369 g/mol. The van der Waals surface area contributed by atoms with Gasteiger partial charge in [0.15, 0.2) is 6.04 Å². The Labute approximate surface area is 155 Å². The van der Waals surface area contributed by atoms with E-state index >= 15 is 0 Å². The topological polar surface area (TPSA) is 87.0 Å². The molecule has 140 valence electrons. The highest BCUT2D eigenvalue weighted by molar-refractivity contribution is 5.75. The molecule has 0 saturated heterocycles. The Morgan fingerprint density at radius 3 is 2.89 bits per heavy atom. The summed E-state index contributed by atoms with van der Waals surface area (Å²) >= 11 is 0. The zero-order valence-corrected chi connectivity index (χ0v) is 15.1. The lowest BCUT2D eigenvalue weighted by atomic mass is 10.0. The van der Waals surface area contributed by atoms with Crippen LogP contribution in [0.25, 0.3) is 5.69 Å². The fourth-order valence-corrected chi connectivity index (χ4v) is 3.75. The third-order valence-electron chi connectivity index (χ3n) is 4.91. The molecule has 7 nitrogen and oxygen atoms in total. The van der Waals surface area contributed by atoms with Crippen molar-refractivity contribution in [2.24, 2.45) is 0 Å². The van der Waals surface area contributed by atoms with Crippen LogP contribution in [0.2, 0.25) is 0 Å². The van der Waals surface area contributed by atoms with Gasteiger partial charge in [0.1, 0.15) is 5.82 Å². The second-order valence-electron chi connectivity index (χ2n) is 6.84. The fourth-order valence-electron chi connectivity index (χ4n) is 3.75. The number of nitrogens with one attached hydrogen (secondary N) is 1. The van der Waals surface area contributed by atoms with Gasteiger partial charge in [-0.1, -0.05) is 0 Å². The molecule has 1 atom stereocenters. The SMILES string of the molecule is Cc1cc(C)n(-c2ccc(F)cc2CN2CCc3[nH]cnc3C2C(=O)O)n1. The van der Waals surface area contributed by atoms with Crippen LogP contribution < -0.4 is 0 Å². The number of nitrogens with zero attached hydrogens (tertiary/aromatic N) is 4. The van der Waals surface area contributed by atoms with E-state index in [2.05, 4.69) is 15.1 Å². The van der Waals surface area contributed by atoms with E-state index in [-0.39, 0.29) is 12.4 Å². The Hall–Kier alpha value is -3.00. The molecule has 27 heavy (non-hydrogen) atoms.